The quantitative estimate of drug-likeness (QED) is 0.488. The Morgan fingerprint density at radius 3 is 1.88 bits per heavy atom. The molecular formula is C20H13F9N4O. The van der Waals surface area contributed by atoms with Gasteiger partial charge < -0.3 is 5.32 Å². The van der Waals surface area contributed by atoms with Crippen LogP contribution in [0.3, 0.4) is 0 Å². The van der Waals surface area contributed by atoms with Gasteiger partial charge in [-0.2, -0.15) is 44.6 Å². The summed E-state index contributed by atoms with van der Waals surface area (Å²) in [6, 6.07) is 5.21. The first-order chi connectivity index (χ1) is 15.7. The van der Waals surface area contributed by atoms with Gasteiger partial charge in [0.2, 0.25) is 0 Å². The Morgan fingerprint density at radius 2 is 1.38 bits per heavy atom. The molecule has 5 nitrogen and oxygen atoms in total. The first kappa shape index (κ1) is 25.1. The van der Waals surface area contributed by atoms with E-state index in [-0.39, 0.29) is 17.6 Å². The summed E-state index contributed by atoms with van der Waals surface area (Å²) in [6.45, 7) is -0.203. The zero-order valence-electron chi connectivity index (χ0n) is 16.7. The van der Waals surface area contributed by atoms with Crippen LogP contribution in [0.25, 0.3) is 5.82 Å². The van der Waals surface area contributed by atoms with E-state index in [0.29, 0.717) is 30.1 Å². The van der Waals surface area contributed by atoms with Gasteiger partial charge in [0.05, 0.1) is 22.9 Å². The lowest BCUT2D eigenvalue weighted by molar-refractivity contribution is -0.143. The predicted molar refractivity (Wildman–Crippen MR) is 98.8 cm³/mol. The summed E-state index contributed by atoms with van der Waals surface area (Å²) in [5, 5.41) is 5.67. The van der Waals surface area contributed by atoms with Crippen LogP contribution in [-0.4, -0.2) is 27.2 Å². The third-order valence-corrected chi connectivity index (χ3v) is 4.56. The van der Waals surface area contributed by atoms with Crippen LogP contribution in [0.2, 0.25) is 0 Å². The summed E-state index contributed by atoms with van der Waals surface area (Å²) >= 11 is 0. The zero-order valence-corrected chi connectivity index (χ0v) is 16.7. The molecule has 0 spiro atoms. The highest BCUT2D eigenvalue weighted by atomic mass is 19.4. The van der Waals surface area contributed by atoms with E-state index < -0.39 is 52.6 Å². The molecule has 34 heavy (non-hydrogen) atoms. The van der Waals surface area contributed by atoms with Gasteiger partial charge in [0.1, 0.15) is 0 Å². The van der Waals surface area contributed by atoms with Crippen molar-refractivity contribution in [3.05, 3.63) is 76.7 Å². The number of carbonyl (C=O) groups is 1. The molecule has 2 heterocycles. The lowest BCUT2D eigenvalue weighted by Gasteiger charge is -2.13. The number of amides is 1. The molecule has 0 atom stereocenters. The van der Waals surface area contributed by atoms with Crippen molar-refractivity contribution in [2.75, 3.05) is 6.54 Å². The van der Waals surface area contributed by atoms with Gasteiger partial charge in [0.15, 0.2) is 11.5 Å². The smallest absolute Gasteiger partial charge is 0.352 e. The zero-order chi connectivity index (χ0) is 25.3. The van der Waals surface area contributed by atoms with Crippen LogP contribution in [-0.2, 0) is 24.9 Å². The molecule has 0 unspecified atom stereocenters. The topological polar surface area (TPSA) is 59.8 Å². The molecule has 0 radical (unpaired) electrons. The fourth-order valence-electron chi connectivity index (χ4n) is 2.92. The number of rotatable bonds is 5. The Kier molecular flexibility index (Phi) is 6.62. The molecule has 1 N–H and O–H groups in total. The highest BCUT2D eigenvalue weighted by Crippen LogP contribution is 2.34. The Morgan fingerprint density at radius 1 is 0.794 bits per heavy atom. The van der Waals surface area contributed by atoms with Gasteiger partial charge in [-0.15, -0.1) is 0 Å². The molecule has 182 valence electrons. The van der Waals surface area contributed by atoms with E-state index in [1.54, 1.807) is 0 Å². The minimum atomic E-state index is -5.11. The molecule has 3 rings (SSSR count). The summed E-state index contributed by atoms with van der Waals surface area (Å²) in [5.74, 6) is -1.78. The van der Waals surface area contributed by atoms with E-state index in [2.05, 4.69) is 15.4 Å². The number of hydrogen-bond donors (Lipinski definition) is 1. The fraction of sp³-hybridized carbons (Fsp3) is 0.250. The molecule has 0 aliphatic heterocycles. The summed E-state index contributed by atoms with van der Waals surface area (Å²) in [7, 11) is 0. The molecule has 0 bridgehead atoms. The number of alkyl halides is 9. The maximum Gasteiger partial charge on any atom is 0.434 e. The fourth-order valence-corrected chi connectivity index (χ4v) is 2.92. The Hall–Kier alpha value is -3.58. The van der Waals surface area contributed by atoms with E-state index in [4.69, 9.17) is 0 Å². The first-order valence-corrected chi connectivity index (χ1v) is 9.31. The van der Waals surface area contributed by atoms with Gasteiger partial charge in [-0.25, -0.2) is 9.67 Å². The maximum absolute atomic E-state index is 13.6. The number of pyridine rings is 1. The molecule has 3 aromatic rings. The molecule has 0 saturated heterocycles. The van der Waals surface area contributed by atoms with Crippen LogP contribution in [0.4, 0.5) is 39.5 Å². The number of nitrogens with one attached hydrogen (secondary N) is 1. The van der Waals surface area contributed by atoms with Crippen LogP contribution < -0.4 is 5.32 Å². The highest BCUT2D eigenvalue weighted by molar-refractivity contribution is 5.95. The van der Waals surface area contributed by atoms with Crippen LogP contribution in [0.1, 0.15) is 32.7 Å². The second kappa shape index (κ2) is 8.99. The third-order valence-electron chi connectivity index (χ3n) is 4.56. The predicted octanol–water partition coefficient (Wildman–Crippen LogP) is 5.30. The van der Waals surface area contributed by atoms with Gasteiger partial charge in [-0.1, -0.05) is 12.1 Å². The average Bonchev–Trinajstić information content (AvgIpc) is 3.19. The van der Waals surface area contributed by atoms with Crippen molar-refractivity contribution in [1.82, 2.24) is 20.1 Å². The molecule has 0 fully saturated rings. The van der Waals surface area contributed by atoms with Gasteiger partial charge in [-0.05, 0) is 36.2 Å². The van der Waals surface area contributed by atoms with Crippen LogP contribution >= 0.6 is 0 Å². The first-order valence-electron chi connectivity index (χ1n) is 9.31. The molecule has 0 aliphatic carbocycles. The Bertz CT molecular complexity index is 1150. The number of aromatic nitrogens is 3. The normalized spacial score (nSPS) is 12.6. The molecule has 1 aromatic carbocycles. The van der Waals surface area contributed by atoms with Crippen molar-refractivity contribution in [2.45, 2.75) is 24.9 Å². The van der Waals surface area contributed by atoms with Crippen LogP contribution in [0.5, 0.6) is 0 Å². The van der Waals surface area contributed by atoms with Crippen molar-refractivity contribution in [1.29, 1.82) is 0 Å². The third kappa shape index (κ3) is 5.66. The second-order valence-corrected chi connectivity index (χ2v) is 6.92. The van der Waals surface area contributed by atoms with E-state index in [9.17, 15) is 44.3 Å². The number of nitrogens with zero attached hydrogens (tertiary/aromatic N) is 3. The van der Waals surface area contributed by atoms with E-state index in [0.717, 1.165) is 12.1 Å². The van der Waals surface area contributed by atoms with Crippen LogP contribution in [0, 0.1) is 0 Å². The van der Waals surface area contributed by atoms with Gasteiger partial charge in [0, 0.05) is 12.7 Å². The van der Waals surface area contributed by atoms with E-state index in [1.165, 1.54) is 12.1 Å². The Balaban J connectivity index is 1.76. The minimum absolute atomic E-state index is 0.0276. The monoisotopic (exact) mass is 496 g/mol. The molecule has 1 amide bonds. The van der Waals surface area contributed by atoms with Gasteiger partial charge >= 0.3 is 18.5 Å². The molecular weight excluding hydrogens is 483 g/mol. The summed E-state index contributed by atoms with van der Waals surface area (Å²) in [6.07, 6.45) is -13.4. The van der Waals surface area contributed by atoms with Crippen molar-refractivity contribution in [3.8, 4) is 5.82 Å². The number of carbonyl (C=O) groups excluding carboxylic acids is 1. The molecule has 2 aromatic heterocycles. The Labute approximate surface area is 185 Å². The molecule has 0 saturated carbocycles. The standard InChI is InChI=1S/C20H13F9N4O/c21-18(22,23)12-3-1-11(2-4-12)7-8-30-17(34)14-10-32-33(16(14)20(27,28)29)15-6-5-13(9-31-15)19(24,25)26/h1-6,9-10H,7-8H2,(H,30,34). The highest BCUT2D eigenvalue weighted by Gasteiger charge is 2.41. The second-order valence-electron chi connectivity index (χ2n) is 6.92. The summed E-state index contributed by atoms with van der Waals surface area (Å²) < 4.78 is 117. The number of hydrogen-bond acceptors (Lipinski definition) is 3. The average molecular weight is 496 g/mol. The largest absolute Gasteiger partial charge is 0.434 e. The number of benzene rings is 1. The van der Waals surface area contributed by atoms with Crippen molar-refractivity contribution >= 4 is 5.91 Å². The summed E-state index contributed by atoms with van der Waals surface area (Å²) in [5.41, 5.74) is -4.11. The maximum atomic E-state index is 13.6. The van der Waals surface area contributed by atoms with Crippen molar-refractivity contribution in [3.63, 3.8) is 0 Å². The summed E-state index contributed by atoms with van der Waals surface area (Å²) in [4.78, 5) is 15.7. The minimum Gasteiger partial charge on any atom is -0.352 e. The lowest BCUT2D eigenvalue weighted by Crippen LogP contribution is -2.28. The van der Waals surface area contributed by atoms with Crippen molar-refractivity contribution < 1.29 is 44.3 Å². The van der Waals surface area contributed by atoms with Crippen molar-refractivity contribution in [2.24, 2.45) is 0 Å². The number of halogens is 9. The van der Waals surface area contributed by atoms with Gasteiger partial charge in [-0.3, -0.25) is 4.79 Å². The molecule has 0 aliphatic rings. The van der Waals surface area contributed by atoms with E-state index >= 15 is 0 Å². The SMILES string of the molecule is O=C(NCCc1ccc(C(F)(F)F)cc1)c1cnn(-c2ccc(C(F)(F)F)cn2)c1C(F)(F)F. The van der Waals surface area contributed by atoms with Crippen LogP contribution in [0.15, 0.2) is 48.8 Å². The van der Waals surface area contributed by atoms with E-state index in [1.807, 2.05) is 0 Å². The van der Waals surface area contributed by atoms with Gasteiger partial charge in [0.25, 0.3) is 5.91 Å². The molecule has 14 heteroatoms. The lowest BCUT2D eigenvalue weighted by atomic mass is 10.1.